The summed E-state index contributed by atoms with van der Waals surface area (Å²) < 4.78 is 11.1. The predicted molar refractivity (Wildman–Crippen MR) is 163 cm³/mol. The van der Waals surface area contributed by atoms with Crippen molar-refractivity contribution in [2.24, 2.45) is 5.92 Å². The summed E-state index contributed by atoms with van der Waals surface area (Å²) in [6.07, 6.45) is 2.04. The zero-order valence-electron chi connectivity index (χ0n) is 23.0. The average molecular weight is 589 g/mol. The van der Waals surface area contributed by atoms with E-state index in [9.17, 15) is 9.59 Å². The van der Waals surface area contributed by atoms with Crippen LogP contribution in [0.25, 0.3) is 5.57 Å². The Bertz CT molecular complexity index is 1900. The quantitative estimate of drug-likeness (QED) is 0.281. The molecule has 1 fully saturated rings. The molecule has 0 bridgehead atoms. The number of anilines is 2. The van der Waals surface area contributed by atoms with E-state index in [1.165, 1.54) is 0 Å². The average Bonchev–Trinajstić information content (AvgIpc) is 3.70. The summed E-state index contributed by atoms with van der Waals surface area (Å²) in [7, 11) is 0. The van der Waals surface area contributed by atoms with Crippen LogP contribution in [-0.2, 0) is 10.2 Å². The Morgan fingerprint density at radius 3 is 2.44 bits per heavy atom. The van der Waals surface area contributed by atoms with E-state index in [0.717, 1.165) is 16.8 Å². The predicted octanol–water partition coefficient (Wildman–Crippen LogP) is 6.31. The maximum Gasteiger partial charge on any atom is 0.238 e. The molecule has 0 unspecified atom stereocenters. The van der Waals surface area contributed by atoms with Crippen LogP contribution in [0.15, 0.2) is 97.1 Å². The number of rotatable bonds is 4. The van der Waals surface area contributed by atoms with Crippen molar-refractivity contribution in [2.45, 2.75) is 24.4 Å². The maximum atomic E-state index is 15.0. The van der Waals surface area contributed by atoms with E-state index in [1.807, 2.05) is 66.4 Å². The van der Waals surface area contributed by atoms with E-state index in [4.69, 9.17) is 21.1 Å². The summed E-state index contributed by atoms with van der Waals surface area (Å²) in [6, 6.07) is 25.4. The summed E-state index contributed by atoms with van der Waals surface area (Å²) in [5.74, 6) is -0.987. The van der Waals surface area contributed by atoms with Gasteiger partial charge in [0, 0.05) is 33.1 Å². The van der Waals surface area contributed by atoms with Crippen LogP contribution in [0.1, 0.15) is 38.8 Å². The van der Waals surface area contributed by atoms with Gasteiger partial charge in [0.25, 0.3) is 0 Å². The highest BCUT2D eigenvalue weighted by Gasteiger charge is 2.70. The second kappa shape index (κ2) is 9.31. The van der Waals surface area contributed by atoms with Crippen LogP contribution in [0, 0.1) is 5.92 Å². The van der Waals surface area contributed by atoms with Crippen LogP contribution < -0.4 is 19.7 Å². The lowest BCUT2D eigenvalue weighted by Gasteiger charge is -2.39. The zero-order chi connectivity index (χ0) is 29.5. The fourth-order valence-corrected chi connectivity index (χ4v) is 7.53. The number of ether oxygens (including phenoxy) is 2. The number of ketones is 2. The Kier molecular flexibility index (Phi) is 5.59. The van der Waals surface area contributed by atoms with Crippen molar-refractivity contribution in [1.82, 2.24) is 0 Å². The highest BCUT2D eigenvalue weighted by Crippen LogP contribution is 2.59. The number of carbonyl (C=O) groups is 3. The number of allylic oxidation sites excluding steroid dienone is 1. The van der Waals surface area contributed by atoms with E-state index >= 15 is 4.79 Å². The number of para-hydroxylation sites is 2. The van der Waals surface area contributed by atoms with Crippen LogP contribution in [0.4, 0.5) is 11.4 Å². The number of nitrogens with zero attached hydrogens (tertiary/aromatic N) is 1. The molecular weight excluding hydrogens is 564 g/mol. The Balaban J connectivity index is 1.42. The summed E-state index contributed by atoms with van der Waals surface area (Å²) in [5, 5.41) is 3.56. The number of nitrogens with one attached hydrogen (secondary N) is 1. The number of amides is 1. The van der Waals surface area contributed by atoms with Crippen LogP contribution in [-0.4, -0.2) is 36.4 Å². The minimum Gasteiger partial charge on any atom is -0.454 e. The maximum absolute atomic E-state index is 15.0. The van der Waals surface area contributed by atoms with Crippen molar-refractivity contribution in [1.29, 1.82) is 0 Å². The first-order valence-corrected chi connectivity index (χ1v) is 14.5. The molecule has 4 aromatic rings. The topological polar surface area (TPSA) is 84.9 Å². The molecule has 0 radical (unpaired) electrons. The SMILES string of the molecule is CC1=C[C@@H]2N(c3ccccc31)[C@H](C(=O)c1ccc(Cl)cc1)[C@@H](C(=O)c1ccc3c(c1)OCO3)[C@@]21C(=O)Nc2ccccc21. The highest BCUT2D eigenvalue weighted by atomic mass is 35.5. The summed E-state index contributed by atoms with van der Waals surface area (Å²) in [6.45, 7) is 2.07. The van der Waals surface area contributed by atoms with Crippen molar-refractivity contribution in [3.63, 3.8) is 0 Å². The summed E-state index contributed by atoms with van der Waals surface area (Å²) in [5.41, 5.74) is 3.42. The molecule has 1 spiro atoms. The van der Waals surface area contributed by atoms with Gasteiger partial charge in [0.2, 0.25) is 12.7 Å². The Hall–Kier alpha value is -4.88. The van der Waals surface area contributed by atoms with Gasteiger partial charge in [-0.15, -0.1) is 0 Å². The molecule has 0 aromatic heterocycles. The van der Waals surface area contributed by atoms with E-state index in [-0.39, 0.29) is 24.3 Å². The number of fused-ring (bicyclic) bond motifs is 7. The fourth-order valence-electron chi connectivity index (χ4n) is 7.40. The van der Waals surface area contributed by atoms with Crippen molar-refractivity contribution >= 4 is 46.0 Å². The number of hydrogen-bond donors (Lipinski definition) is 1. The molecule has 4 atom stereocenters. The Labute approximate surface area is 252 Å². The first-order valence-electron chi connectivity index (χ1n) is 14.1. The van der Waals surface area contributed by atoms with Gasteiger partial charge in [-0.2, -0.15) is 0 Å². The van der Waals surface area contributed by atoms with Gasteiger partial charge in [-0.3, -0.25) is 14.4 Å². The molecule has 7 nitrogen and oxygen atoms in total. The molecule has 4 heterocycles. The van der Waals surface area contributed by atoms with Gasteiger partial charge in [0.1, 0.15) is 11.5 Å². The smallest absolute Gasteiger partial charge is 0.238 e. The van der Waals surface area contributed by atoms with Gasteiger partial charge in [-0.25, -0.2) is 0 Å². The Morgan fingerprint density at radius 2 is 1.60 bits per heavy atom. The molecule has 212 valence electrons. The largest absolute Gasteiger partial charge is 0.454 e. The molecule has 4 aliphatic heterocycles. The molecule has 8 rings (SSSR count). The van der Waals surface area contributed by atoms with Gasteiger partial charge in [0.15, 0.2) is 23.1 Å². The lowest BCUT2D eigenvalue weighted by atomic mass is 9.64. The van der Waals surface area contributed by atoms with Crippen LogP contribution in [0.5, 0.6) is 11.5 Å². The van der Waals surface area contributed by atoms with Gasteiger partial charge in [-0.05, 0) is 72.7 Å². The van der Waals surface area contributed by atoms with Gasteiger partial charge >= 0.3 is 0 Å². The van der Waals surface area contributed by atoms with E-state index in [2.05, 4.69) is 5.32 Å². The van der Waals surface area contributed by atoms with Crippen molar-refractivity contribution in [3.05, 3.63) is 124 Å². The molecule has 1 saturated heterocycles. The second-order valence-electron chi connectivity index (χ2n) is 11.3. The Morgan fingerprint density at radius 1 is 0.884 bits per heavy atom. The molecule has 8 heteroatoms. The lowest BCUT2D eigenvalue weighted by molar-refractivity contribution is -0.121. The first-order chi connectivity index (χ1) is 20.9. The minimum atomic E-state index is -1.40. The normalized spacial score (nSPS) is 24.2. The molecule has 0 aliphatic carbocycles. The molecule has 1 amide bonds. The zero-order valence-corrected chi connectivity index (χ0v) is 23.8. The minimum absolute atomic E-state index is 0.0600. The van der Waals surface area contributed by atoms with Gasteiger partial charge in [-0.1, -0.05) is 54.1 Å². The van der Waals surface area contributed by atoms with Crippen molar-refractivity contribution in [2.75, 3.05) is 17.0 Å². The third kappa shape index (κ3) is 3.52. The lowest BCUT2D eigenvalue weighted by Crippen LogP contribution is -2.51. The summed E-state index contributed by atoms with van der Waals surface area (Å²) >= 11 is 6.19. The van der Waals surface area contributed by atoms with Crippen molar-refractivity contribution in [3.8, 4) is 11.5 Å². The molecule has 4 aliphatic rings. The van der Waals surface area contributed by atoms with E-state index in [1.54, 1.807) is 42.5 Å². The number of Topliss-reactive ketones (excluding diaryl/α,β-unsaturated/α-hetero) is 2. The van der Waals surface area contributed by atoms with Gasteiger partial charge < -0.3 is 19.7 Å². The highest BCUT2D eigenvalue weighted by molar-refractivity contribution is 6.30. The standard InChI is InChI=1S/C35H25ClN2O5/c1-19-16-29-35(24-7-3-4-8-25(24)37-34(35)41)30(32(39)21-12-15-27-28(17-21)43-18-42-27)31(33(40)20-10-13-22(36)14-11-20)38(29)26-9-5-2-6-23(19)26/h2-17,29-31H,18H2,1H3,(H,37,41)/t29-,30-,31-,35-/m0/s1. The third-order valence-electron chi connectivity index (χ3n) is 9.22. The van der Waals surface area contributed by atoms with E-state index < -0.39 is 23.4 Å². The van der Waals surface area contributed by atoms with E-state index in [0.29, 0.717) is 38.9 Å². The molecule has 43 heavy (non-hydrogen) atoms. The fraction of sp³-hybridized carbons (Fsp3) is 0.171. The molecule has 1 N–H and O–H groups in total. The molecular formula is C35H25ClN2O5. The van der Waals surface area contributed by atoms with Crippen LogP contribution in [0.2, 0.25) is 5.02 Å². The number of carbonyl (C=O) groups excluding carboxylic acids is 3. The third-order valence-corrected chi connectivity index (χ3v) is 9.47. The first kappa shape index (κ1) is 25.8. The number of halogens is 1. The van der Waals surface area contributed by atoms with Crippen LogP contribution >= 0.6 is 11.6 Å². The molecule has 4 aromatic carbocycles. The second-order valence-corrected chi connectivity index (χ2v) is 11.8. The molecule has 0 saturated carbocycles. The van der Waals surface area contributed by atoms with Crippen molar-refractivity contribution < 1.29 is 23.9 Å². The summed E-state index contributed by atoms with van der Waals surface area (Å²) in [4.78, 5) is 46.3. The van der Waals surface area contributed by atoms with Gasteiger partial charge in [0.05, 0.1) is 12.0 Å². The number of benzene rings is 4. The number of hydrogen-bond acceptors (Lipinski definition) is 6. The van der Waals surface area contributed by atoms with Crippen LogP contribution in [0.3, 0.4) is 0 Å². The monoisotopic (exact) mass is 588 g/mol.